The maximum absolute atomic E-state index is 11.9. The number of hydrazone groups is 2. The molecule has 0 aromatic rings. The van der Waals surface area contributed by atoms with Crippen LogP contribution in [-0.4, -0.2) is 88.9 Å². The SMILES string of the molecule is CO/N=C(\C)C1=NN(C(=O)OC(C)(C)C)C(=O)N(N)C1.CO/N=C(\C)C1=NNC(=O)N(N)C1. The van der Waals surface area contributed by atoms with Crippen LogP contribution in [0, 0.1) is 0 Å². The first kappa shape index (κ1) is 27.2. The first-order chi connectivity index (χ1) is 15.3. The van der Waals surface area contributed by atoms with Gasteiger partial charge in [-0.25, -0.2) is 31.5 Å². The molecule has 5 amide bonds. The Balaban J connectivity index is 0.000000361. The number of hydrazine groups is 2. The largest absolute Gasteiger partial charge is 0.442 e. The average Bonchev–Trinajstić information content (AvgIpc) is 2.71. The molecule has 0 aliphatic carbocycles. The Kier molecular flexibility index (Phi) is 9.68. The van der Waals surface area contributed by atoms with Gasteiger partial charge < -0.3 is 14.4 Å². The number of carbonyl (C=O) groups excluding carboxylic acids is 3. The van der Waals surface area contributed by atoms with Gasteiger partial charge in [0.15, 0.2) is 0 Å². The second-order valence-corrected chi connectivity index (χ2v) is 7.57. The summed E-state index contributed by atoms with van der Waals surface area (Å²) in [6.45, 7) is 8.64. The zero-order valence-electron chi connectivity index (χ0n) is 19.6. The van der Waals surface area contributed by atoms with E-state index < -0.39 is 23.8 Å². The Labute approximate surface area is 190 Å². The zero-order chi connectivity index (χ0) is 25.3. The molecule has 0 radical (unpaired) electrons. The van der Waals surface area contributed by atoms with Gasteiger partial charge in [-0.05, 0) is 34.6 Å². The summed E-state index contributed by atoms with van der Waals surface area (Å²) in [4.78, 5) is 43.8. The van der Waals surface area contributed by atoms with E-state index in [9.17, 15) is 14.4 Å². The highest BCUT2D eigenvalue weighted by Crippen LogP contribution is 2.14. The molecule has 184 valence electrons. The van der Waals surface area contributed by atoms with Crippen molar-refractivity contribution in [3.63, 3.8) is 0 Å². The second kappa shape index (κ2) is 11.7. The molecular weight excluding hydrogens is 440 g/mol. The lowest BCUT2D eigenvalue weighted by atomic mass is 10.2. The number of rotatable bonds is 4. The lowest BCUT2D eigenvalue weighted by Gasteiger charge is -2.30. The van der Waals surface area contributed by atoms with Crippen molar-refractivity contribution in [2.75, 3.05) is 27.3 Å². The minimum Gasteiger partial charge on any atom is -0.442 e. The number of hydrogen-bond donors (Lipinski definition) is 3. The normalized spacial score (nSPS) is 17.4. The van der Waals surface area contributed by atoms with Gasteiger partial charge in [0.05, 0.1) is 13.1 Å². The van der Waals surface area contributed by atoms with Crippen LogP contribution in [0.5, 0.6) is 0 Å². The van der Waals surface area contributed by atoms with Crippen LogP contribution in [0.3, 0.4) is 0 Å². The monoisotopic (exact) mass is 470 g/mol. The molecule has 5 N–H and O–H groups in total. The van der Waals surface area contributed by atoms with Gasteiger partial charge in [-0.3, -0.25) is 10.0 Å². The van der Waals surface area contributed by atoms with E-state index in [1.54, 1.807) is 34.6 Å². The van der Waals surface area contributed by atoms with Gasteiger partial charge in [0.25, 0.3) is 0 Å². The van der Waals surface area contributed by atoms with Gasteiger partial charge in [-0.2, -0.15) is 10.2 Å². The summed E-state index contributed by atoms with van der Waals surface area (Å²) in [5, 5.41) is 17.5. The molecule has 0 aromatic carbocycles. The van der Waals surface area contributed by atoms with Crippen molar-refractivity contribution in [1.82, 2.24) is 20.5 Å². The number of nitrogens with zero attached hydrogens (tertiary/aromatic N) is 7. The predicted octanol–water partition coefficient (Wildman–Crippen LogP) is 0.175. The number of imide groups is 1. The maximum atomic E-state index is 11.9. The summed E-state index contributed by atoms with van der Waals surface area (Å²) in [5.74, 6) is 10.9. The molecule has 0 saturated carbocycles. The molecule has 16 nitrogen and oxygen atoms in total. The van der Waals surface area contributed by atoms with Gasteiger partial charge in [0.1, 0.15) is 42.7 Å². The predicted molar refractivity (Wildman–Crippen MR) is 119 cm³/mol. The molecule has 2 heterocycles. The molecule has 2 aliphatic rings. The second-order valence-electron chi connectivity index (χ2n) is 7.57. The van der Waals surface area contributed by atoms with Gasteiger partial charge >= 0.3 is 18.2 Å². The van der Waals surface area contributed by atoms with Crippen molar-refractivity contribution in [1.29, 1.82) is 0 Å². The number of oxime groups is 2. The molecule has 0 saturated heterocycles. The molecule has 0 fully saturated rings. The summed E-state index contributed by atoms with van der Waals surface area (Å²) < 4.78 is 5.09. The summed E-state index contributed by atoms with van der Waals surface area (Å²) in [6.07, 6.45) is -0.902. The van der Waals surface area contributed by atoms with Crippen molar-refractivity contribution in [2.24, 2.45) is 32.2 Å². The van der Waals surface area contributed by atoms with Crippen LogP contribution in [-0.2, 0) is 14.4 Å². The fraction of sp³-hybridized carbons (Fsp3) is 0.588. The number of nitrogens with two attached hydrogens (primary N) is 2. The average molecular weight is 470 g/mol. The van der Waals surface area contributed by atoms with Crippen LogP contribution in [0.25, 0.3) is 0 Å². The van der Waals surface area contributed by atoms with Gasteiger partial charge in [0.2, 0.25) is 0 Å². The highest BCUT2D eigenvalue weighted by Gasteiger charge is 2.34. The topological polar surface area (TPSA) is 202 Å². The molecule has 0 atom stereocenters. The zero-order valence-corrected chi connectivity index (χ0v) is 19.6. The van der Waals surface area contributed by atoms with Crippen molar-refractivity contribution in [3.05, 3.63) is 0 Å². The van der Waals surface area contributed by atoms with Crippen LogP contribution in [0.4, 0.5) is 14.4 Å². The third-order valence-electron chi connectivity index (χ3n) is 3.69. The van der Waals surface area contributed by atoms with Crippen LogP contribution >= 0.6 is 0 Å². The van der Waals surface area contributed by atoms with E-state index in [-0.39, 0.29) is 13.1 Å². The van der Waals surface area contributed by atoms with E-state index in [0.717, 1.165) is 10.0 Å². The van der Waals surface area contributed by atoms with Gasteiger partial charge in [0, 0.05) is 0 Å². The van der Waals surface area contributed by atoms with E-state index in [1.807, 2.05) is 0 Å². The molecular formula is C17H30N10O6. The van der Waals surface area contributed by atoms with E-state index in [1.165, 1.54) is 14.2 Å². The minimum absolute atomic E-state index is 0.0246. The lowest BCUT2D eigenvalue weighted by Crippen LogP contribution is -2.55. The Morgan fingerprint density at radius 3 is 2.00 bits per heavy atom. The smallest absolute Gasteiger partial charge is 0.439 e. The number of hydrogen-bond acceptors (Lipinski definition) is 12. The molecule has 0 spiro atoms. The highest BCUT2D eigenvalue weighted by atomic mass is 16.6. The van der Waals surface area contributed by atoms with Crippen LogP contribution < -0.4 is 17.1 Å². The quantitative estimate of drug-likeness (QED) is 0.223. The molecule has 0 unspecified atom stereocenters. The third kappa shape index (κ3) is 8.34. The van der Waals surface area contributed by atoms with E-state index in [2.05, 4.69) is 35.6 Å². The Hall–Kier alpha value is -3.79. The summed E-state index contributed by atoms with van der Waals surface area (Å²) in [7, 11) is 2.82. The van der Waals surface area contributed by atoms with Gasteiger partial charge in [-0.15, -0.1) is 5.01 Å². The fourth-order valence-corrected chi connectivity index (χ4v) is 2.18. The molecule has 33 heavy (non-hydrogen) atoms. The number of amides is 5. The number of urea groups is 2. The minimum atomic E-state index is -0.902. The number of carbonyl (C=O) groups is 3. The number of ether oxygens (including phenoxy) is 1. The Bertz CT molecular complexity index is 876. The molecule has 0 aromatic heterocycles. The van der Waals surface area contributed by atoms with Crippen molar-refractivity contribution in [3.8, 4) is 0 Å². The fourth-order valence-electron chi connectivity index (χ4n) is 2.18. The molecule has 0 bridgehead atoms. The van der Waals surface area contributed by atoms with Crippen molar-refractivity contribution >= 4 is 41.0 Å². The molecule has 16 heteroatoms. The first-order valence-electron chi connectivity index (χ1n) is 9.52. The lowest BCUT2D eigenvalue weighted by molar-refractivity contribution is 0.0280. The Morgan fingerprint density at radius 2 is 1.52 bits per heavy atom. The van der Waals surface area contributed by atoms with E-state index in [0.29, 0.717) is 27.9 Å². The van der Waals surface area contributed by atoms with Crippen LogP contribution in [0.2, 0.25) is 0 Å². The standard InChI is InChI=1S/C11H19N5O4.C6H11N5O2/c1-7(14-19-5)8-6-15(12)9(17)16(13-8)10(18)20-11(2,3)4;1-4(10-13-2)5-3-11(7)6(12)9-8-5/h6,12H2,1-5H3;3,7H2,1-2H3,(H,9,12)/b14-7+;10-4+. The molecule has 2 rings (SSSR count). The maximum Gasteiger partial charge on any atom is 0.439 e. The first-order valence-corrected chi connectivity index (χ1v) is 9.52. The van der Waals surface area contributed by atoms with Crippen LogP contribution in [0.15, 0.2) is 20.5 Å². The third-order valence-corrected chi connectivity index (χ3v) is 3.69. The van der Waals surface area contributed by atoms with Gasteiger partial charge in [-0.1, -0.05) is 10.3 Å². The highest BCUT2D eigenvalue weighted by molar-refractivity contribution is 6.43. The molecule has 2 aliphatic heterocycles. The van der Waals surface area contributed by atoms with Crippen molar-refractivity contribution in [2.45, 2.75) is 40.2 Å². The van der Waals surface area contributed by atoms with E-state index in [4.69, 9.17) is 16.4 Å². The van der Waals surface area contributed by atoms with Crippen LogP contribution in [0.1, 0.15) is 34.6 Å². The Morgan fingerprint density at radius 1 is 1.00 bits per heavy atom. The summed E-state index contributed by atoms with van der Waals surface area (Å²) in [5.41, 5.74) is 3.38. The van der Waals surface area contributed by atoms with Crippen molar-refractivity contribution < 1.29 is 28.8 Å². The number of nitrogens with one attached hydrogen (secondary N) is 1. The summed E-state index contributed by atoms with van der Waals surface area (Å²) in [6, 6.07) is -1.21. The summed E-state index contributed by atoms with van der Waals surface area (Å²) >= 11 is 0. The van der Waals surface area contributed by atoms with E-state index >= 15 is 0 Å².